The maximum atomic E-state index is 12.3. The van der Waals surface area contributed by atoms with Crippen LogP contribution in [0.1, 0.15) is 9.67 Å². The number of fused-ring (bicyclic) bond motifs is 1. The van der Waals surface area contributed by atoms with Gasteiger partial charge >= 0.3 is 0 Å². The number of carbonyl (C=O) groups excluding carboxylic acids is 1. The topological polar surface area (TPSA) is 76.8 Å². The highest BCUT2D eigenvalue weighted by molar-refractivity contribution is 7.12. The van der Waals surface area contributed by atoms with Crippen molar-refractivity contribution in [2.75, 3.05) is 10.6 Å². The van der Waals surface area contributed by atoms with Gasteiger partial charge in [0.2, 0.25) is 0 Å². The highest BCUT2D eigenvalue weighted by Crippen LogP contribution is 2.25. The third kappa shape index (κ3) is 4.30. The number of carbonyl (C=O) groups is 1. The van der Waals surface area contributed by atoms with E-state index in [-0.39, 0.29) is 5.91 Å². The zero-order valence-electron chi connectivity index (χ0n) is 18.5. The maximum Gasteiger partial charge on any atom is 0.265 e. The molecule has 0 aliphatic carbocycles. The minimum Gasteiger partial charge on any atom is -0.356 e. The number of imidazole rings is 1. The Morgan fingerprint density at radius 1 is 0.857 bits per heavy atom. The summed E-state index contributed by atoms with van der Waals surface area (Å²) in [5.41, 5.74) is 5.71. The van der Waals surface area contributed by atoms with Gasteiger partial charge in [-0.1, -0.05) is 6.07 Å². The smallest absolute Gasteiger partial charge is 0.265 e. The molecule has 0 atom stereocenters. The summed E-state index contributed by atoms with van der Waals surface area (Å²) in [4.78, 5) is 17.0. The van der Waals surface area contributed by atoms with Crippen molar-refractivity contribution in [3.63, 3.8) is 0 Å². The maximum absolute atomic E-state index is 12.3. The van der Waals surface area contributed by atoms with E-state index in [2.05, 4.69) is 32.8 Å². The predicted molar refractivity (Wildman–Crippen MR) is 140 cm³/mol. The molecule has 0 saturated heterocycles. The van der Waals surface area contributed by atoms with Crippen LogP contribution in [0.5, 0.6) is 0 Å². The fraction of sp³-hybridized carbons (Fsp3) is 0. The Hall–Kier alpha value is -4.69. The molecular weight excluding hydrogens is 456 g/mol. The molecule has 35 heavy (non-hydrogen) atoms. The second kappa shape index (κ2) is 8.92. The second-order valence-electron chi connectivity index (χ2n) is 7.95. The number of nitrogens with one attached hydrogen (secondary N) is 2. The molecule has 2 N–H and O–H groups in total. The molecule has 3 aromatic heterocycles. The summed E-state index contributed by atoms with van der Waals surface area (Å²) in [6.45, 7) is 0. The molecule has 0 unspecified atom stereocenters. The molecule has 0 fully saturated rings. The van der Waals surface area contributed by atoms with Gasteiger partial charge in [0.15, 0.2) is 0 Å². The van der Waals surface area contributed by atoms with E-state index in [0.717, 1.165) is 39.3 Å². The van der Waals surface area contributed by atoms with Crippen LogP contribution in [-0.2, 0) is 0 Å². The summed E-state index contributed by atoms with van der Waals surface area (Å²) >= 11 is 1.42. The lowest BCUT2D eigenvalue weighted by Crippen LogP contribution is -2.10. The minimum absolute atomic E-state index is 0.103. The first-order valence-electron chi connectivity index (χ1n) is 11.0. The van der Waals surface area contributed by atoms with Crippen LogP contribution in [-0.4, -0.2) is 25.2 Å². The highest BCUT2D eigenvalue weighted by atomic mass is 32.1. The molecule has 0 aliphatic rings. The Bertz CT molecular complexity index is 1580. The molecule has 8 heteroatoms. The molecule has 0 aliphatic heterocycles. The first-order chi connectivity index (χ1) is 17.2. The summed E-state index contributed by atoms with van der Waals surface area (Å²) in [7, 11) is 0. The Kier molecular flexibility index (Phi) is 5.32. The van der Waals surface area contributed by atoms with Crippen LogP contribution in [0.3, 0.4) is 0 Å². The van der Waals surface area contributed by atoms with Crippen molar-refractivity contribution in [3.8, 4) is 11.4 Å². The molecule has 0 saturated carbocycles. The van der Waals surface area contributed by atoms with Gasteiger partial charge in [-0.25, -0.2) is 9.67 Å². The predicted octanol–water partition coefficient (Wildman–Crippen LogP) is 6.27. The van der Waals surface area contributed by atoms with Crippen molar-refractivity contribution >= 4 is 45.2 Å². The van der Waals surface area contributed by atoms with Gasteiger partial charge in [0, 0.05) is 40.5 Å². The fourth-order valence-corrected chi connectivity index (χ4v) is 4.52. The Labute approximate surface area is 205 Å². The van der Waals surface area contributed by atoms with Crippen LogP contribution >= 0.6 is 11.3 Å². The van der Waals surface area contributed by atoms with Crippen LogP contribution in [0.15, 0.2) is 109 Å². The van der Waals surface area contributed by atoms with Crippen molar-refractivity contribution in [1.82, 2.24) is 19.3 Å². The monoisotopic (exact) mass is 476 g/mol. The van der Waals surface area contributed by atoms with Crippen molar-refractivity contribution in [1.29, 1.82) is 0 Å². The molecule has 3 aromatic carbocycles. The van der Waals surface area contributed by atoms with E-state index in [0.29, 0.717) is 4.88 Å². The first-order valence-corrected chi connectivity index (χ1v) is 11.9. The van der Waals surface area contributed by atoms with E-state index in [1.807, 2.05) is 93.8 Å². The van der Waals surface area contributed by atoms with Crippen molar-refractivity contribution in [2.24, 2.45) is 0 Å². The number of hydrogen-bond acceptors (Lipinski definition) is 5. The van der Waals surface area contributed by atoms with E-state index in [4.69, 9.17) is 0 Å². The molecule has 1 amide bonds. The second-order valence-corrected chi connectivity index (χ2v) is 8.90. The van der Waals surface area contributed by atoms with Gasteiger partial charge in [-0.05, 0) is 78.2 Å². The van der Waals surface area contributed by atoms with E-state index in [9.17, 15) is 4.79 Å². The molecule has 0 radical (unpaired) electrons. The third-order valence-electron chi connectivity index (χ3n) is 5.64. The van der Waals surface area contributed by atoms with Crippen LogP contribution in [0.25, 0.3) is 22.3 Å². The molecule has 6 aromatic rings. The molecular formula is C27H20N6OS. The average Bonchev–Trinajstić information content (AvgIpc) is 3.67. The zero-order valence-corrected chi connectivity index (χ0v) is 19.3. The minimum atomic E-state index is -0.103. The Morgan fingerprint density at radius 3 is 2.37 bits per heavy atom. The summed E-state index contributed by atoms with van der Waals surface area (Å²) in [6, 6.07) is 25.7. The van der Waals surface area contributed by atoms with Gasteiger partial charge in [0.05, 0.1) is 28.6 Å². The lowest BCUT2D eigenvalue weighted by atomic mass is 10.2. The Balaban J connectivity index is 1.18. The van der Waals surface area contributed by atoms with E-state index in [1.54, 1.807) is 12.5 Å². The number of nitrogens with zero attached hydrogens (tertiary/aromatic N) is 4. The van der Waals surface area contributed by atoms with Gasteiger partial charge < -0.3 is 15.2 Å². The standard InChI is InChI=1S/C27H20N6OS/c34-27(26-2-1-15-35-26)31-21-5-10-24(11-6-21)33-25-12-7-22(16-19(25)17-29-33)30-20-3-8-23(9-4-20)32-14-13-28-18-32/h1-18,30H,(H,31,34). The molecule has 3 heterocycles. The van der Waals surface area contributed by atoms with Crippen molar-refractivity contribution in [2.45, 2.75) is 0 Å². The summed E-state index contributed by atoms with van der Waals surface area (Å²) in [6.07, 6.45) is 7.32. The number of rotatable bonds is 6. The third-order valence-corrected chi connectivity index (χ3v) is 6.51. The number of hydrogen-bond donors (Lipinski definition) is 2. The van der Waals surface area contributed by atoms with Crippen molar-refractivity contribution in [3.05, 3.63) is 114 Å². The number of aromatic nitrogens is 4. The van der Waals surface area contributed by atoms with E-state index in [1.165, 1.54) is 11.3 Å². The Morgan fingerprint density at radius 2 is 1.63 bits per heavy atom. The summed E-state index contributed by atoms with van der Waals surface area (Å²) < 4.78 is 3.86. The van der Waals surface area contributed by atoms with Gasteiger partial charge in [-0.2, -0.15) is 5.10 Å². The summed E-state index contributed by atoms with van der Waals surface area (Å²) in [5.74, 6) is -0.103. The number of thiophene rings is 1. The summed E-state index contributed by atoms with van der Waals surface area (Å²) in [5, 5.41) is 13.9. The van der Waals surface area contributed by atoms with Crippen LogP contribution in [0.2, 0.25) is 0 Å². The highest BCUT2D eigenvalue weighted by Gasteiger charge is 2.09. The van der Waals surface area contributed by atoms with E-state index < -0.39 is 0 Å². The SMILES string of the molecule is O=C(Nc1ccc(-n2ncc3cc(Nc4ccc(-n5ccnc5)cc4)ccc32)cc1)c1cccs1. The van der Waals surface area contributed by atoms with Gasteiger partial charge in [0.1, 0.15) is 0 Å². The quantitative estimate of drug-likeness (QED) is 0.297. The number of amides is 1. The molecule has 170 valence electrons. The van der Waals surface area contributed by atoms with Gasteiger partial charge in [-0.15, -0.1) is 11.3 Å². The fourth-order valence-electron chi connectivity index (χ4n) is 3.90. The number of anilines is 3. The lowest BCUT2D eigenvalue weighted by Gasteiger charge is -2.09. The largest absolute Gasteiger partial charge is 0.356 e. The molecule has 7 nitrogen and oxygen atoms in total. The molecule has 0 bridgehead atoms. The van der Waals surface area contributed by atoms with Crippen molar-refractivity contribution < 1.29 is 4.79 Å². The average molecular weight is 477 g/mol. The lowest BCUT2D eigenvalue weighted by molar-refractivity contribution is 0.103. The number of benzene rings is 3. The van der Waals surface area contributed by atoms with E-state index >= 15 is 0 Å². The first kappa shape index (κ1) is 20.9. The van der Waals surface area contributed by atoms with Gasteiger partial charge in [0.25, 0.3) is 5.91 Å². The zero-order chi connectivity index (χ0) is 23.6. The van der Waals surface area contributed by atoms with Crippen LogP contribution in [0.4, 0.5) is 17.1 Å². The van der Waals surface area contributed by atoms with Crippen LogP contribution in [0, 0.1) is 0 Å². The molecule has 0 spiro atoms. The van der Waals surface area contributed by atoms with Crippen LogP contribution < -0.4 is 10.6 Å². The molecule has 6 rings (SSSR count). The normalized spacial score (nSPS) is 11.0. The van der Waals surface area contributed by atoms with Gasteiger partial charge in [-0.3, -0.25) is 4.79 Å².